The average Bonchev–Trinajstić information content (AvgIpc) is 2.49. The molecule has 0 spiro atoms. The topological polar surface area (TPSA) is 154 Å². The molecule has 0 aliphatic heterocycles. The van der Waals surface area contributed by atoms with Crippen LogP contribution in [0.1, 0.15) is 19.8 Å². The number of hydrogen-bond donors (Lipinski definition) is 6. The quantitative estimate of drug-likeness (QED) is 0.295. The van der Waals surface area contributed by atoms with Gasteiger partial charge in [0, 0.05) is 25.0 Å². The maximum atomic E-state index is 12.0. The van der Waals surface area contributed by atoms with Gasteiger partial charge in [-0.2, -0.15) is 0 Å². The van der Waals surface area contributed by atoms with Crippen molar-refractivity contribution in [3.8, 4) is 0 Å². The third-order valence-electron chi connectivity index (χ3n) is 3.66. The molecular formula is C14H24N4O5. The fourth-order valence-electron chi connectivity index (χ4n) is 2.10. The van der Waals surface area contributed by atoms with E-state index in [2.05, 4.69) is 16.0 Å². The number of nitrogens with two attached hydrogens (primary N) is 1. The summed E-state index contributed by atoms with van der Waals surface area (Å²) in [6.45, 7) is 1.72. The van der Waals surface area contributed by atoms with Gasteiger partial charge in [0.1, 0.15) is 6.10 Å². The number of primary amides is 1. The minimum atomic E-state index is -1.20. The average molecular weight is 328 g/mol. The van der Waals surface area contributed by atoms with Gasteiger partial charge < -0.3 is 31.9 Å². The normalized spacial score (nSPS) is 25.2. The van der Waals surface area contributed by atoms with Crippen LogP contribution in [0.5, 0.6) is 0 Å². The molecule has 23 heavy (non-hydrogen) atoms. The van der Waals surface area contributed by atoms with Gasteiger partial charge in [0.2, 0.25) is 17.7 Å². The van der Waals surface area contributed by atoms with E-state index in [-0.39, 0.29) is 30.9 Å². The van der Waals surface area contributed by atoms with Crippen molar-refractivity contribution in [1.82, 2.24) is 16.0 Å². The first-order valence-electron chi connectivity index (χ1n) is 7.37. The van der Waals surface area contributed by atoms with Crippen LogP contribution in [0.15, 0.2) is 11.6 Å². The van der Waals surface area contributed by atoms with E-state index >= 15 is 0 Å². The molecule has 9 nitrogen and oxygen atoms in total. The lowest BCUT2D eigenvalue weighted by Crippen LogP contribution is -2.54. The first-order valence-corrected chi connectivity index (χ1v) is 7.37. The van der Waals surface area contributed by atoms with Crippen LogP contribution in [0.3, 0.4) is 0 Å². The van der Waals surface area contributed by atoms with Crippen LogP contribution in [-0.2, 0) is 14.4 Å². The van der Waals surface area contributed by atoms with E-state index < -0.39 is 36.1 Å². The van der Waals surface area contributed by atoms with Gasteiger partial charge in [0.25, 0.3) is 0 Å². The molecule has 4 atom stereocenters. The Bertz CT molecular complexity index is 494. The van der Waals surface area contributed by atoms with Crippen molar-refractivity contribution in [2.24, 2.45) is 5.73 Å². The Morgan fingerprint density at radius 1 is 1.39 bits per heavy atom. The first kappa shape index (κ1) is 19.1. The molecule has 1 aliphatic rings. The van der Waals surface area contributed by atoms with Crippen molar-refractivity contribution >= 4 is 17.7 Å². The van der Waals surface area contributed by atoms with E-state index in [9.17, 15) is 24.6 Å². The lowest BCUT2D eigenvalue weighted by atomic mass is 9.90. The van der Waals surface area contributed by atoms with Gasteiger partial charge in [-0.25, -0.2) is 0 Å². The number of rotatable bonds is 7. The summed E-state index contributed by atoms with van der Waals surface area (Å²) < 4.78 is 0. The fourth-order valence-corrected chi connectivity index (χ4v) is 2.10. The lowest BCUT2D eigenvalue weighted by molar-refractivity contribution is -0.125. The summed E-state index contributed by atoms with van der Waals surface area (Å²) in [5.41, 5.74) is 5.22. The van der Waals surface area contributed by atoms with Gasteiger partial charge in [0.05, 0.1) is 18.2 Å². The zero-order valence-corrected chi connectivity index (χ0v) is 13.2. The predicted molar refractivity (Wildman–Crippen MR) is 82.0 cm³/mol. The minimum absolute atomic E-state index is 0.00402. The monoisotopic (exact) mass is 328 g/mol. The summed E-state index contributed by atoms with van der Waals surface area (Å²) in [6, 6.07) is -1.36. The summed E-state index contributed by atoms with van der Waals surface area (Å²) in [5.74, 6) is -1.38. The zero-order valence-electron chi connectivity index (χ0n) is 13.2. The second-order valence-electron chi connectivity index (χ2n) is 5.47. The molecule has 3 amide bonds. The second kappa shape index (κ2) is 8.61. The molecule has 0 heterocycles. The highest BCUT2D eigenvalue weighted by Gasteiger charge is 2.34. The molecular weight excluding hydrogens is 304 g/mol. The van der Waals surface area contributed by atoms with Crippen molar-refractivity contribution in [3.63, 3.8) is 0 Å². The van der Waals surface area contributed by atoms with Crippen molar-refractivity contribution in [2.45, 2.75) is 44.1 Å². The molecule has 130 valence electrons. The van der Waals surface area contributed by atoms with Crippen molar-refractivity contribution < 1.29 is 24.6 Å². The summed E-state index contributed by atoms with van der Waals surface area (Å²) in [7, 11) is 1.61. The molecule has 0 saturated heterocycles. The van der Waals surface area contributed by atoms with E-state index in [1.165, 1.54) is 6.08 Å². The number of aliphatic hydroxyl groups is 2. The molecule has 0 unspecified atom stereocenters. The van der Waals surface area contributed by atoms with Gasteiger partial charge in [-0.15, -0.1) is 0 Å². The van der Waals surface area contributed by atoms with Crippen LogP contribution >= 0.6 is 0 Å². The number of likely N-dealkylation sites (N-methyl/N-ethyl adjacent to an activating group) is 1. The molecule has 0 aromatic rings. The zero-order chi connectivity index (χ0) is 17.6. The minimum Gasteiger partial charge on any atom is -0.390 e. The van der Waals surface area contributed by atoms with Gasteiger partial charge in [0.15, 0.2) is 0 Å². The van der Waals surface area contributed by atoms with E-state index in [1.54, 1.807) is 14.0 Å². The molecule has 9 heteroatoms. The van der Waals surface area contributed by atoms with Crippen LogP contribution in [0.25, 0.3) is 0 Å². The largest absolute Gasteiger partial charge is 0.390 e. The number of aliphatic hydroxyl groups excluding tert-OH is 2. The highest BCUT2D eigenvalue weighted by atomic mass is 16.3. The smallest absolute Gasteiger partial charge is 0.247 e. The molecule has 1 rings (SSSR count). The molecule has 0 aromatic carbocycles. The number of carbonyl (C=O) groups excluding carboxylic acids is 3. The summed E-state index contributed by atoms with van der Waals surface area (Å²) >= 11 is 0. The van der Waals surface area contributed by atoms with E-state index in [0.29, 0.717) is 0 Å². The summed E-state index contributed by atoms with van der Waals surface area (Å²) in [5, 5.41) is 27.7. The molecule has 1 aliphatic carbocycles. The van der Waals surface area contributed by atoms with Crippen molar-refractivity contribution in [1.29, 1.82) is 0 Å². The third-order valence-corrected chi connectivity index (χ3v) is 3.66. The predicted octanol–water partition coefficient (Wildman–Crippen LogP) is -2.88. The van der Waals surface area contributed by atoms with Crippen molar-refractivity contribution in [3.05, 3.63) is 11.6 Å². The molecule has 0 fully saturated rings. The van der Waals surface area contributed by atoms with Crippen LogP contribution < -0.4 is 21.7 Å². The van der Waals surface area contributed by atoms with E-state index in [4.69, 9.17) is 5.73 Å². The van der Waals surface area contributed by atoms with Crippen LogP contribution in [0.4, 0.5) is 0 Å². The Morgan fingerprint density at radius 3 is 2.61 bits per heavy atom. The molecule has 0 radical (unpaired) electrons. The maximum absolute atomic E-state index is 12.0. The van der Waals surface area contributed by atoms with Gasteiger partial charge in [-0.1, -0.05) is 6.08 Å². The lowest BCUT2D eigenvalue weighted by Gasteiger charge is -2.31. The molecule has 0 aromatic heterocycles. The fraction of sp³-hybridized carbons (Fsp3) is 0.643. The highest BCUT2D eigenvalue weighted by molar-refractivity contribution is 5.94. The highest BCUT2D eigenvalue weighted by Crippen LogP contribution is 2.20. The Morgan fingerprint density at radius 2 is 2.04 bits per heavy atom. The van der Waals surface area contributed by atoms with Crippen LogP contribution in [0.2, 0.25) is 0 Å². The standard InChI is InChI=1S/C14H24N4O5/c1-7(16-2)13(22)18-9-5-8(6-10(19)12(9)21)14(23)17-4-3-11(15)20/h5,7,9-10,12,16,19,21H,3-4,6H2,1-2H3,(H2,15,20)(H,17,23)(H,18,22)/t7-,9+,10+,12+/m0/s1. The number of amides is 3. The number of hydrogen-bond acceptors (Lipinski definition) is 6. The maximum Gasteiger partial charge on any atom is 0.247 e. The SMILES string of the molecule is CN[C@@H](C)C(=O)N[C@@H]1C=C(C(=O)NCCC(N)=O)C[C@@H](O)[C@@H]1O. The Kier molecular flexibility index (Phi) is 7.14. The number of carbonyl (C=O) groups is 3. The van der Waals surface area contributed by atoms with E-state index in [0.717, 1.165) is 0 Å². The molecule has 0 saturated carbocycles. The van der Waals surface area contributed by atoms with Crippen LogP contribution in [-0.4, -0.2) is 65.8 Å². The Hall–Kier alpha value is -1.97. The van der Waals surface area contributed by atoms with Gasteiger partial charge in [-0.3, -0.25) is 14.4 Å². The van der Waals surface area contributed by atoms with Gasteiger partial charge >= 0.3 is 0 Å². The number of nitrogens with one attached hydrogen (secondary N) is 3. The summed E-state index contributed by atoms with van der Waals surface area (Å²) in [6.07, 6.45) is -1.00. The molecule has 7 N–H and O–H groups in total. The van der Waals surface area contributed by atoms with Gasteiger partial charge in [-0.05, 0) is 14.0 Å². The Labute approximate surface area is 134 Å². The Balaban J connectivity index is 2.75. The molecule has 0 bridgehead atoms. The van der Waals surface area contributed by atoms with Crippen LogP contribution in [0, 0.1) is 0 Å². The second-order valence-corrected chi connectivity index (χ2v) is 5.47. The van der Waals surface area contributed by atoms with Crippen molar-refractivity contribution in [2.75, 3.05) is 13.6 Å². The third kappa shape index (κ3) is 5.62. The first-order chi connectivity index (χ1) is 10.8. The summed E-state index contributed by atoms with van der Waals surface area (Å²) in [4.78, 5) is 34.5. The van der Waals surface area contributed by atoms with E-state index in [1.807, 2.05) is 0 Å².